The van der Waals surface area contributed by atoms with Crippen LogP contribution in [0.3, 0.4) is 0 Å². The molecule has 10 heteroatoms. The van der Waals surface area contributed by atoms with Crippen molar-refractivity contribution in [1.29, 1.82) is 0 Å². The number of hydrogen-bond acceptors (Lipinski definition) is 5. The minimum absolute atomic E-state index is 0.0462. The highest BCUT2D eigenvalue weighted by Crippen LogP contribution is 2.34. The Morgan fingerprint density at radius 3 is 2.61 bits per heavy atom. The SMILES string of the molecule is CCOC(=O)c1cnn(-c2nccn3ccnc23)c1C(F)(F)F. The highest BCUT2D eigenvalue weighted by Gasteiger charge is 2.41. The molecule has 0 atom stereocenters. The molecule has 0 aromatic carbocycles. The summed E-state index contributed by atoms with van der Waals surface area (Å²) in [7, 11) is 0. The number of aromatic nitrogens is 5. The van der Waals surface area contributed by atoms with Crippen LogP contribution in [0.15, 0.2) is 31.0 Å². The van der Waals surface area contributed by atoms with Gasteiger partial charge in [0.2, 0.25) is 0 Å². The molecule has 23 heavy (non-hydrogen) atoms. The number of carbonyl (C=O) groups excluding carboxylic acids is 1. The molecule has 0 radical (unpaired) electrons. The van der Waals surface area contributed by atoms with Crippen LogP contribution >= 0.6 is 0 Å². The van der Waals surface area contributed by atoms with Crippen LogP contribution < -0.4 is 0 Å². The largest absolute Gasteiger partial charge is 0.462 e. The molecule has 0 spiro atoms. The van der Waals surface area contributed by atoms with E-state index in [4.69, 9.17) is 0 Å². The number of rotatable bonds is 3. The summed E-state index contributed by atoms with van der Waals surface area (Å²) in [5.41, 5.74) is -1.74. The molecular formula is C13H10F3N5O2. The van der Waals surface area contributed by atoms with E-state index in [1.54, 1.807) is 6.20 Å². The Balaban J connectivity index is 2.24. The van der Waals surface area contributed by atoms with Crippen LogP contribution in [0.2, 0.25) is 0 Å². The lowest BCUT2D eigenvalue weighted by Gasteiger charge is -2.12. The molecule has 7 nitrogen and oxygen atoms in total. The minimum atomic E-state index is -4.82. The Morgan fingerprint density at radius 2 is 1.96 bits per heavy atom. The van der Waals surface area contributed by atoms with Gasteiger partial charge in [-0.3, -0.25) is 0 Å². The maximum Gasteiger partial charge on any atom is 0.434 e. The van der Waals surface area contributed by atoms with Crippen LogP contribution in [0.1, 0.15) is 23.0 Å². The second-order valence-electron chi connectivity index (χ2n) is 4.45. The first-order valence-electron chi connectivity index (χ1n) is 6.54. The second kappa shape index (κ2) is 5.38. The molecule has 0 aliphatic carbocycles. The van der Waals surface area contributed by atoms with Gasteiger partial charge in [0.15, 0.2) is 17.2 Å². The van der Waals surface area contributed by atoms with Gasteiger partial charge < -0.3 is 9.14 Å². The number of hydrogen-bond donors (Lipinski definition) is 0. The predicted molar refractivity (Wildman–Crippen MR) is 71.1 cm³/mol. The van der Waals surface area contributed by atoms with E-state index in [2.05, 4.69) is 19.8 Å². The fourth-order valence-corrected chi connectivity index (χ4v) is 2.13. The van der Waals surface area contributed by atoms with Gasteiger partial charge in [-0.05, 0) is 6.92 Å². The zero-order valence-electron chi connectivity index (χ0n) is 11.8. The highest BCUT2D eigenvalue weighted by molar-refractivity contribution is 5.90. The molecule has 3 aromatic heterocycles. The molecule has 0 fully saturated rings. The zero-order valence-corrected chi connectivity index (χ0v) is 11.8. The Kier molecular flexibility index (Phi) is 3.51. The summed E-state index contributed by atoms with van der Waals surface area (Å²) in [6, 6.07) is 0. The lowest BCUT2D eigenvalue weighted by Crippen LogP contribution is -2.19. The van der Waals surface area contributed by atoms with Crippen LogP contribution in [0.4, 0.5) is 13.2 Å². The van der Waals surface area contributed by atoms with Crippen molar-refractivity contribution in [2.75, 3.05) is 6.61 Å². The molecule has 0 aliphatic rings. The lowest BCUT2D eigenvalue weighted by atomic mass is 10.2. The third kappa shape index (κ3) is 2.51. The molecule has 3 rings (SSSR count). The molecule has 0 aliphatic heterocycles. The van der Waals surface area contributed by atoms with Crippen LogP contribution in [0.25, 0.3) is 11.5 Å². The van der Waals surface area contributed by atoms with Crippen LogP contribution in [-0.4, -0.2) is 36.7 Å². The molecular weight excluding hydrogens is 315 g/mol. The number of halogens is 3. The van der Waals surface area contributed by atoms with Crippen molar-refractivity contribution in [3.63, 3.8) is 0 Å². The Bertz CT molecular complexity index is 868. The van der Waals surface area contributed by atoms with Gasteiger partial charge in [-0.2, -0.15) is 18.3 Å². The monoisotopic (exact) mass is 325 g/mol. The molecule has 0 saturated heterocycles. The topological polar surface area (TPSA) is 74.3 Å². The maximum atomic E-state index is 13.4. The number of alkyl halides is 3. The summed E-state index contributed by atoms with van der Waals surface area (Å²) in [5.74, 6) is -1.23. The summed E-state index contributed by atoms with van der Waals surface area (Å²) >= 11 is 0. The average molecular weight is 325 g/mol. The first-order valence-corrected chi connectivity index (χ1v) is 6.54. The number of imidazole rings is 1. The van der Waals surface area contributed by atoms with Gasteiger partial charge in [0, 0.05) is 24.8 Å². The van der Waals surface area contributed by atoms with E-state index in [0.717, 1.165) is 6.20 Å². The van der Waals surface area contributed by atoms with Gasteiger partial charge in [0.25, 0.3) is 0 Å². The molecule has 0 bridgehead atoms. The van der Waals surface area contributed by atoms with E-state index in [1.807, 2.05) is 0 Å². The highest BCUT2D eigenvalue weighted by atomic mass is 19.4. The van der Waals surface area contributed by atoms with Gasteiger partial charge in [-0.15, -0.1) is 0 Å². The number of carbonyl (C=O) groups is 1. The second-order valence-corrected chi connectivity index (χ2v) is 4.45. The van der Waals surface area contributed by atoms with Crippen LogP contribution in [-0.2, 0) is 10.9 Å². The first kappa shape index (κ1) is 15.0. The Morgan fingerprint density at radius 1 is 1.26 bits per heavy atom. The van der Waals surface area contributed by atoms with Gasteiger partial charge in [-0.25, -0.2) is 19.4 Å². The van der Waals surface area contributed by atoms with Crippen molar-refractivity contribution >= 4 is 11.6 Å². The summed E-state index contributed by atoms with van der Waals surface area (Å²) in [4.78, 5) is 19.6. The third-order valence-electron chi connectivity index (χ3n) is 3.03. The maximum absolute atomic E-state index is 13.4. The van der Waals surface area contributed by atoms with Gasteiger partial charge >= 0.3 is 12.1 Å². The summed E-state index contributed by atoms with van der Waals surface area (Å²) < 4.78 is 47.0. The van der Waals surface area contributed by atoms with E-state index >= 15 is 0 Å². The first-order chi connectivity index (χ1) is 10.9. The lowest BCUT2D eigenvalue weighted by molar-refractivity contribution is -0.143. The number of ether oxygens (including phenoxy) is 1. The molecule has 0 amide bonds. The fourth-order valence-electron chi connectivity index (χ4n) is 2.13. The van der Waals surface area contributed by atoms with Gasteiger partial charge in [-0.1, -0.05) is 0 Å². The van der Waals surface area contributed by atoms with Crippen molar-refractivity contribution in [2.45, 2.75) is 13.1 Å². The molecule has 0 N–H and O–H groups in total. The number of fused-ring (bicyclic) bond motifs is 1. The predicted octanol–water partition coefficient (Wildman–Crippen LogP) is 2.11. The molecule has 0 saturated carbocycles. The molecule has 0 unspecified atom stereocenters. The molecule has 120 valence electrons. The van der Waals surface area contributed by atoms with Crippen LogP contribution in [0, 0.1) is 0 Å². The van der Waals surface area contributed by atoms with Gasteiger partial charge in [0.05, 0.1) is 12.8 Å². The van der Waals surface area contributed by atoms with Crippen molar-refractivity contribution < 1.29 is 22.7 Å². The molecule has 3 aromatic rings. The average Bonchev–Trinajstić information content (AvgIpc) is 3.13. The smallest absolute Gasteiger partial charge is 0.434 e. The summed E-state index contributed by atoms with van der Waals surface area (Å²) in [6.45, 7) is 1.46. The fraction of sp³-hybridized carbons (Fsp3) is 0.231. The van der Waals surface area contributed by atoms with Crippen molar-refractivity contribution in [3.8, 4) is 5.82 Å². The zero-order chi connectivity index (χ0) is 16.6. The minimum Gasteiger partial charge on any atom is -0.462 e. The molecule has 3 heterocycles. The normalized spacial score (nSPS) is 11.8. The Hall–Kier alpha value is -2.91. The van der Waals surface area contributed by atoms with Crippen molar-refractivity contribution in [3.05, 3.63) is 42.2 Å². The quantitative estimate of drug-likeness (QED) is 0.690. The number of nitrogens with zero attached hydrogens (tertiary/aromatic N) is 5. The summed E-state index contributed by atoms with van der Waals surface area (Å²) in [5, 5.41) is 3.67. The summed E-state index contributed by atoms with van der Waals surface area (Å²) in [6.07, 6.45) is 1.83. The van der Waals surface area contributed by atoms with E-state index in [9.17, 15) is 18.0 Å². The Labute approximate surface area is 127 Å². The van der Waals surface area contributed by atoms with E-state index in [1.165, 1.54) is 29.9 Å². The standard InChI is InChI=1S/C13H10F3N5O2/c1-2-23-12(22)8-7-19-21(9(8)13(14,15)16)11-10-17-3-5-20(10)6-4-18-11/h3-7H,2H2,1H3. The number of esters is 1. The van der Waals surface area contributed by atoms with Crippen LogP contribution in [0.5, 0.6) is 0 Å². The van der Waals surface area contributed by atoms with Crippen molar-refractivity contribution in [1.82, 2.24) is 24.1 Å². The third-order valence-corrected chi connectivity index (χ3v) is 3.03. The van der Waals surface area contributed by atoms with Crippen molar-refractivity contribution in [2.24, 2.45) is 0 Å². The van der Waals surface area contributed by atoms with Gasteiger partial charge in [0.1, 0.15) is 5.56 Å². The van der Waals surface area contributed by atoms with E-state index < -0.39 is 23.4 Å². The van der Waals surface area contributed by atoms with E-state index in [-0.39, 0.29) is 18.1 Å². The van der Waals surface area contributed by atoms with E-state index in [0.29, 0.717) is 4.68 Å².